The molecule has 0 radical (unpaired) electrons. The molecule has 41 heavy (non-hydrogen) atoms. The largest absolute Gasteiger partial charge is 0.507 e. The highest BCUT2D eigenvalue weighted by molar-refractivity contribution is 7.22. The van der Waals surface area contributed by atoms with Gasteiger partial charge in [-0.3, -0.25) is 14.5 Å². The topological polar surface area (TPSA) is 98.2 Å². The summed E-state index contributed by atoms with van der Waals surface area (Å²) >= 11 is 1.27. The third-order valence-electron chi connectivity index (χ3n) is 6.58. The van der Waals surface area contributed by atoms with Gasteiger partial charge < -0.3 is 19.3 Å². The van der Waals surface area contributed by atoms with Gasteiger partial charge in [-0.1, -0.05) is 59.9 Å². The summed E-state index contributed by atoms with van der Waals surface area (Å²) in [6.07, 6.45) is 1.63. The Morgan fingerprint density at radius 3 is 2.46 bits per heavy atom. The van der Waals surface area contributed by atoms with Crippen LogP contribution in [-0.2, 0) is 9.59 Å². The third kappa shape index (κ3) is 5.40. The fourth-order valence-corrected chi connectivity index (χ4v) is 5.72. The number of aliphatic hydroxyl groups is 1. The molecule has 1 aromatic heterocycles. The van der Waals surface area contributed by atoms with Crippen molar-refractivity contribution in [3.8, 4) is 17.2 Å². The van der Waals surface area contributed by atoms with Crippen molar-refractivity contribution in [2.24, 2.45) is 0 Å². The van der Waals surface area contributed by atoms with Crippen molar-refractivity contribution >= 4 is 44.1 Å². The fraction of sp³-hybridized carbons (Fsp3) is 0.219. The molecule has 3 aromatic carbocycles. The number of amides is 1. The van der Waals surface area contributed by atoms with Crippen LogP contribution in [0, 0.1) is 6.92 Å². The number of hydrogen-bond donors (Lipinski definition) is 1. The Bertz CT molecular complexity index is 1660. The lowest BCUT2D eigenvalue weighted by molar-refractivity contribution is -0.132. The van der Waals surface area contributed by atoms with Crippen LogP contribution in [-0.4, -0.2) is 41.6 Å². The Morgan fingerprint density at radius 2 is 1.76 bits per heavy atom. The number of aliphatic hydroxyl groups excluding tert-OH is 1. The lowest BCUT2D eigenvalue weighted by Gasteiger charge is -2.24. The number of ketones is 1. The maximum absolute atomic E-state index is 13.7. The van der Waals surface area contributed by atoms with E-state index in [9.17, 15) is 14.7 Å². The zero-order chi connectivity index (χ0) is 29.1. The number of benzene rings is 3. The van der Waals surface area contributed by atoms with E-state index in [1.807, 2.05) is 51.1 Å². The van der Waals surface area contributed by atoms with Crippen LogP contribution in [0.25, 0.3) is 16.0 Å². The Hall–Kier alpha value is -4.63. The SMILES string of the molecule is C=CCOc1ccc(C2C(=C(O)c3ccc(C)cc3)C(=O)C(=O)N2c2nc3ccc(OCC)cc3s2)cc1OCC. The minimum atomic E-state index is -0.962. The van der Waals surface area contributed by atoms with Crippen LogP contribution in [0.3, 0.4) is 0 Å². The van der Waals surface area contributed by atoms with Crippen molar-refractivity contribution in [1.82, 2.24) is 4.98 Å². The second-order valence-corrected chi connectivity index (χ2v) is 10.3. The molecule has 9 heteroatoms. The quantitative estimate of drug-likeness (QED) is 0.0994. The Balaban J connectivity index is 1.70. The predicted molar refractivity (Wildman–Crippen MR) is 160 cm³/mol. The minimum Gasteiger partial charge on any atom is -0.507 e. The normalized spacial score (nSPS) is 16.3. The van der Waals surface area contributed by atoms with Crippen LogP contribution < -0.4 is 19.1 Å². The van der Waals surface area contributed by atoms with E-state index in [2.05, 4.69) is 6.58 Å². The summed E-state index contributed by atoms with van der Waals surface area (Å²) in [7, 11) is 0. The van der Waals surface area contributed by atoms with Gasteiger partial charge in [0.25, 0.3) is 5.78 Å². The maximum Gasteiger partial charge on any atom is 0.301 e. The number of thiazole rings is 1. The molecule has 0 saturated carbocycles. The average Bonchev–Trinajstić information content (AvgIpc) is 3.50. The number of aromatic nitrogens is 1. The molecule has 8 nitrogen and oxygen atoms in total. The number of anilines is 1. The van der Waals surface area contributed by atoms with Crippen molar-refractivity contribution in [1.29, 1.82) is 0 Å². The minimum absolute atomic E-state index is 0.0321. The number of fused-ring (bicyclic) bond motifs is 1. The van der Waals surface area contributed by atoms with Gasteiger partial charge in [0.1, 0.15) is 18.1 Å². The van der Waals surface area contributed by atoms with Crippen molar-refractivity contribution in [2.75, 3.05) is 24.7 Å². The van der Waals surface area contributed by atoms with E-state index in [1.54, 1.807) is 36.4 Å². The van der Waals surface area contributed by atoms with E-state index in [1.165, 1.54) is 16.2 Å². The number of nitrogens with zero attached hydrogens (tertiary/aromatic N) is 2. The number of carbonyl (C=O) groups excluding carboxylic acids is 2. The van der Waals surface area contributed by atoms with Crippen LogP contribution in [0.5, 0.6) is 17.2 Å². The Labute approximate surface area is 242 Å². The highest BCUT2D eigenvalue weighted by Crippen LogP contribution is 2.46. The predicted octanol–water partition coefficient (Wildman–Crippen LogP) is 6.59. The van der Waals surface area contributed by atoms with Crippen molar-refractivity contribution in [3.63, 3.8) is 0 Å². The molecule has 0 bridgehead atoms. The highest BCUT2D eigenvalue weighted by atomic mass is 32.1. The molecule has 2 heterocycles. The number of carbonyl (C=O) groups is 2. The van der Waals surface area contributed by atoms with Crippen LogP contribution in [0.2, 0.25) is 0 Å². The summed E-state index contributed by atoms with van der Waals surface area (Å²) in [5.74, 6) is -0.219. The van der Waals surface area contributed by atoms with E-state index in [0.717, 1.165) is 10.3 Å². The van der Waals surface area contributed by atoms with Gasteiger partial charge in [-0.05, 0) is 56.7 Å². The first kappa shape index (κ1) is 27.9. The van der Waals surface area contributed by atoms with Gasteiger partial charge in [-0.2, -0.15) is 0 Å². The van der Waals surface area contributed by atoms with Gasteiger partial charge in [0.2, 0.25) is 0 Å². The monoisotopic (exact) mass is 570 g/mol. The summed E-state index contributed by atoms with van der Waals surface area (Å²) in [5.41, 5.74) is 2.61. The summed E-state index contributed by atoms with van der Waals surface area (Å²) in [6, 6.07) is 16.9. The number of rotatable bonds is 10. The van der Waals surface area contributed by atoms with Crippen LogP contribution in [0.4, 0.5) is 5.13 Å². The summed E-state index contributed by atoms with van der Waals surface area (Å²) in [5, 5.41) is 11.8. The Kier molecular flexibility index (Phi) is 8.07. The van der Waals surface area contributed by atoms with Crippen LogP contribution >= 0.6 is 11.3 Å². The molecule has 1 unspecified atom stereocenters. The second kappa shape index (κ2) is 11.9. The lowest BCUT2D eigenvalue weighted by atomic mass is 9.95. The van der Waals surface area contributed by atoms with Crippen molar-refractivity contribution in [2.45, 2.75) is 26.8 Å². The Morgan fingerprint density at radius 1 is 1.00 bits per heavy atom. The summed E-state index contributed by atoms with van der Waals surface area (Å²) in [4.78, 5) is 33.3. The smallest absolute Gasteiger partial charge is 0.301 e. The molecule has 1 amide bonds. The second-order valence-electron chi connectivity index (χ2n) is 9.33. The van der Waals surface area contributed by atoms with Gasteiger partial charge in [0.05, 0.1) is 35.0 Å². The number of ether oxygens (including phenoxy) is 3. The third-order valence-corrected chi connectivity index (χ3v) is 7.59. The van der Waals surface area contributed by atoms with E-state index in [4.69, 9.17) is 19.2 Å². The molecular weight excluding hydrogens is 540 g/mol. The molecule has 1 fully saturated rings. The molecule has 1 aliphatic heterocycles. The molecule has 4 aromatic rings. The van der Waals surface area contributed by atoms with E-state index in [0.29, 0.717) is 52.2 Å². The first-order valence-electron chi connectivity index (χ1n) is 13.3. The maximum atomic E-state index is 13.7. The zero-order valence-corrected chi connectivity index (χ0v) is 23.9. The van der Waals surface area contributed by atoms with Gasteiger partial charge in [-0.15, -0.1) is 0 Å². The molecule has 1 atom stereocenters. The highest BCUT2D eigenvalue weighted by Gasteiger charge is 2.48. The molecule has 5 rings (SSSR count). The number of aryl methyl sites for hydroxylation is 1. The zero-order valence-electron chi connectivity index (χ0n) is 23.0. The molecule has 1 aliphatic rings. The molecule has 1 N–H and O–H groups in total. The van der Waals surface area contributed by atoms with Crippen molar-refractivity contribution < 1.29 is 28.9 Å². The van der Waals surface area contributed by atoms with Gasteiger partial charge in [0, 0.05) is 5.56 Å². The van der Waals surface area contributed by atoms with Crippen LogP contribution in [0.15, 0.2) is 78.9 Å². The average molecular weight is 571 g/mol. The summed E-state index contributed by atoms with van der Waals surface area (Å²) in [6.45, 7) is 10.5. The van der Waals surface area contributed by atoms with Gasteiger partial charge in [-0.25, -0.2) is 4.98 Å². The molecular formula is C32H30N2O6S. The first-order valence-corrected chi connectivity index (χ1v) is 14.1. The summed E-state index contributed by atoms with van der Waals surface area (Å²) < 4.78 is 18.0. The molecule has 210 valence electrons. The van der Waals surface area contributed by atoms with E-state index < -0.39 is 17.7 Å². The molecule has 0 aliphatic carbocycles. The standard InChI is InChI=1S/C32H30N2O6S/c1-5-16-40-24-15-12-21(17-25(24)39-7-3)28-27(29(35)20-10-8-19(4)9-11-20)30(36)31(37)34(28)32-33-23-14-13-22(38-6-2)18-26(23)41-32/h5,8-15,17-18,28,35H,1,6-7,16H2,2-4H3. The van der Waals surface area contributed by atoms with E-state index in [-0.39, 0.29) is 17.9 Å². The molecule has 1 saturated heterocycles. The van der Waals surface area contributed by atoms with Gasteiger partial charge in [0.15, 0.2) is 16.6 Å². The van der Waals surface area contributed by atoms with Crippen molar-refractivity contribution in [3.05, 3.63) is 95.6 Å². The van der Waals surface area contributed by atoms with Gasteiger partial charge >= 0.3 is 5.91 Å². The van der Waals surface area contributed by atoms with E-state index >= 15 is 0 Å². The number of hydrogen-bond acceptors (Lipinski definition) is 8. The first-order chi connectivity index (χ1) is 19.9. The number of Topliss-reactive ketones (excluding diaryl/α,β-unsaturated/α-hetero) is 1. The lowest BCUT2D eigenvalue weighted by Crippen LogP contribution is -2.29. The molecule has 0 spiro atoms. The van der Waals surface area contributed by atoms with Crippen LogP contribution in [0.1, 0.15) is 36.6 Å². The fourth-order valence-electron chi connectivity index (χ4n) is 4.70.